The predicted molar refractivity (Wildman–Crippen MR) is 116 cm³/mol. The molecule has 2 aromatic heterocycles. The first-order chi connectivity index (χ1) is 14.2. The Hall–Kier alpha value is -2.83. The van der Waals surface area contributed by atoms with Gasteiger partial charge in [-0.2, -0.15) is 5.10 Å². The number of aromatic amines is 1. The van der Waals surface area contributed by atoms with E-state index in [9.17, 15) is 0 Å². The second-order valence-electron chi connectivity index (χ2n) is 7.77. The third-order valence-corrected chi connectivity index (χ3v) is 6.38. The highest BCUT2D eigenvalue weighted by Gasteiger charge is 2.31. The van der Waals surface area contributed by atoms with Crippen LogP contribution < -0.4 is 15.0 Å². The molecule has 4 heterocycles. The van der Waals surface area contributed by atoms with Gasteiger partial charge in [0.15, 0.2) is 5.75 Å². The fourth-order valence-electron chi connectivity index (χ4n) is 4.65. The molecule has 2 aliphatic heterocycles. The molecule has 0 radical (unpaired) electrons. The van der Waals surface area contributed by atoms with Gasteiger partial charge < -0.3 is 15.0 Å². The molecule has 1 fully saturated rings. The van der Waals surface area contributed by atoms with Gasteiger partial charge in [0.05, 0.1) is 35.2 Å². The van der Waals surface area contributed by atoms with Gasteiger partial charge in [0.1, 0.15) is 6.61 Å². The highest BCUT2D eigenvalue weighted by atomic mass is 35.5. The number of hydrogen-bond donors (Lipinski definition) is 2. The zero-order valence-corrected chi connectivity index (χ0v) is 16.8. The van der Waals surface area contributed by atoms with Crippen molar-refractivity contribution in [1.29, 1.82) is 0 Å². The lowest BCUT2D eigenvalue weighted by molar-refractivity contribution is 0.247. The van der Waals surface area contributed by atoms with E-state index in [2.05, 4.69) is 39.5 Å². The number of halogens is 1. The number of anilines is 1. The van der Waals surface area contributed by atoms with Gasteiger partial charge in [-0.1, -0.05) is 17.7 Å². The topological polar surface area (TPSA) is 66.1 Å². The number of fused-ring (bicyclic) bond motifs is 6. The van der Waals surface area contributed by atoms with Crippen LogP contribution in [0.3, 0.4) is 0 Å². The van der Waals surface area contributed by atoms with Gasteiger partial charge in [0.2, 0.25) is 0 Å². The molecule has 0 aliphatic carbocycles. The third-order valence-electron chi connectivity index (χ3n) is 6.07. The van der Waals surface area contributed by atoms with Gasteiger partial charge in [0, 0.05) is 41.0 Å². The quantitative estimate of drug-likeness (QED) is 0.502. The minimum absolute atomic E-state index is 0.335. The molecule has 4 aromatic rings. The lowest BCUT2D eigenvalue weighted by atomic mass is 9.95. The highest BCUT2D eigenvalue weighted by Crippen LogP contribution is 2.44. The van der Waals surface area contributed by atoms with Crippen LogP contribution in [0, 0.1) is 6.92 Å². The molecule has 7 heteroatoms. The Morgan fingerprint density at radius 3 is 3.07 bits per heavy atom. The van der Waals surface area contributed by atoms with E-state index in [1.54, 1.807) is 0 Å². The number of nitrogens with one attached hydrogen (secondary N) is 2. The van der Waals surface area contributed by atoms with Gasteiger partial charge in [-0.25, -0.2) is 0 Å². The summed E-state index contributed by atoms with van der Waals surface area (Å²) >= 11 is 6.86. The summed E-state index contributed by atoms with van der Waals surface area (Å²) in [5.41, 5.74) is 6.26. The number of aromatic nitrogens is 3. The number of rotatable bonds is 1. The summed E-state index contributed by atoms with van der Waals surface area (Å²) in [6.45, 7) is 5.62. The number of H-pyrrole nitrogens is 1. The molecular weight excluding hydrogens is 386 g/mol. The fraction of sp³-hybridized carbons (Fsp3) is 0.273. The molecule has 0 bridgehead atoms. The summed E-state index contributed by atoms with van der Waals surface area (Å²) in [5, 5.41) is 13.5. The number of pyridine rings is 1. The average Bonchev–Trinajstić information content (AvgIpc) is 3.22. The van der Waals surface area contributed by atoms with Crippen molar-refractivity contribution in [3.63, 3.8) is 0 Å². The summed E-state index contributed by atoms with van der Waals surface area (Å²) in [5.74, 6) is 0.840. The van der Waals surface area contributed by atoms with Crippen molar-refractivity contribution in [1.82, 2.24) is 20.5 Å². The molecule has 146 valence electrons. The second kappa shape index (κ2) is 6.34. The first-order valence-corrected chi connectivity index (χ1v) is 10.2. The molecule has 6 rings (SSSR count). The summed E-state index contributed by atoms with van der Waals surface area (Å²) < 4.78 is 6.02. The molecule has 2 aliphatic rings. The number of benzene rings is 2. The van der Waals surface area contributed by atoms with E-state index < -0.39 is 0 Å². The van der Waals surface area contributed by atoms with E-state index in [-0.39, 0.29) is 0 Å². The van der Waals surface area contributed by atoms with E-state index in [0.717, 1.165) is 69.6 Å². The van der Waals surface area contributed by atoms with Crippen molar-refractivity contribution in [2.45, 2.75) is 13.0 Å². The molecule has 0 amide bonds. The normalized spacial score (nSPS) is 18.6. The van der Waals surface area contributed by atoms with E-state index in [1.807, 2.05) is 24.5 Å². The molecule has 0 saturated carbocycles. The lowest BCUT2D eigenvalue weighted by Crippen LogP contribution is -2.55. The SMILES string of the molecule is Cc1ccc2[nH]ncc2c1-c1cc2ncc3c(c2cc1Cl)N1CCNCC1CO3. The molecule has 1 atom stereocenters. The van der Waals surface area contributed by atoms with Crippen LogP contribution in [-0.2, 0) is 0 Å². The van der Waals surface area contributed by atoms with Crippen molar-refractivity contribution in [2.24, 2.45) is 0 Å². The van der Waals surface area contributed by atoms with E-state index in [0.29, 0.717) is 17.7 Å². The Kier molecular flexibility index (Phi) is 3.73. The first kappa shape index (κ1) is 17.1. The van der Waals surface area contributed by atoms with Crippen LogP contribution in [0.1, 0.15) is 5.56 Å². The molecular formula is C22H20ClN5O. The van der Waals surface area contributed by atoms with Gasteiger partial charge in [-0.3, -0.25) is 10.1 Å². The van der Waals surface area contributed by atoms with Crippen LogP contribution in [0.4, 0.5) is 5.69 Å². The smallest absolute Gasteiger partial charge is 0.161 e. The minimum atomic E-state index is 0.335. The number of aryl methyl sites for hydroxylation is 1. The van der Waals surface area contributed by atoms with Crippen molar-refractivity contribution < 1.29 is 4.74 Å². The van der Waals surface area contributed by atoms with Gasteiger partial charge in [-0.05, 0) is 36.2 Å². The molecule has 1 saturated heterocycles. The molecule has 0 spiro atoms. The number of ether oxygens (including phenoxy) is 1. The Morgan fingerprint density at radius 2 is 2.14 bits per heavy atom. The number of hydrogen-bond acceptors (Lipinski definition) is 5. The number of piperazine rings is 1. The van der Waals surface area contributed by atoms with Crippen molar-refractivity contribution in [2.75, 3.05) is 31.1 Å². The van der Waals surface area contributed by atoms with Crippen LogP contribution in [0.25, 0.3) is 32.9 Å². The minimum Gasteiger partial charge on any atom is -0.488 e. The third kappa shape index (κ3) is 2.52. The van der Waals surface area contributed by atoms with Crippen LogP contribution in [-0.4, -0.2) is 47.5 Å². The standard InChI is InChI=1S/C22H20ClN5O/c1-12-2-3-18-16(9-26-27-18)21(12)14-7-19-15(6-17(14)23)22-20(10-25-19)29-11-13-8-24-4-5-28(13)22/h2-3,6-7,9-10,13,24H,4-5,8,11H2,1H3,(H,26,27). The van der Waals surface area contributed by atoms with Crippen molar-refractivity contribution in [3.05, 3.63) is 47.2 Å². The Bertz CT molecular complexity index is 1270. The molecule has 2 aromatic carbocycles. The van der Waals surface area contributed by atoms with Gasteiger partial charge >= 0.3 is 0 Å². The average molecular weight is 406 g/mol. The maximum atomic E-state index is 6.86. The van der Waals surface area contributed by atoms with Crippen molar-refractivity contribution in [3.8, 4) is 16.9 Å². The van der Waals surface area contributed by atoms with Crippen molar-refractivity contribution >= 4 is 39.1 Å². The molecule has 1 unspecified atom stereocenters. The maximum Gasteiger partial charge on any atom is 0.161 e. The summed E-state index contributed by atoms with van der Waals surface area (Å²) in [6, 6.07) is 8.62. The Labute approximate surface area is 172 Å². The Morgan fingerprint density at radius 1 is 1.21 bits per heavy atom. The van der Waals surface area contributed by atoms with E-state index in [1.165, 1.54) is 0 Å². The largest absolute Gasteiger partial charge is 0.488 e. The van der Waals surface area contributed by atoms with Crippen LogP contribution in [0.15, 0.2) is 36.7 Å². The lowest BCUT2D eigenvalue weighted by Gasteiger charge is -2.42. The van der Waals surface area contributed by atoms with E-state index in [4.69, 9.17) is 21.3 Å². The molecule has 6 nitrogen and oxygen atoms in total. The Balaban J connectivity index is 1.59. The highest BCUT2D eigenvalue weighted by molar-refractivity contribution is 6.35. The monoisotopic (exact) mass is 405 g/mol. The number of nitrogens with zero attached hydrogens (tertiary/aromatic N) is 3. The summed E-state index contributed by atoms with van der Waals surface area (Å²) in [6.07, 6.45) is 3.70. The zero-order chi connectivity index (χ0) is 19.5. The summed E-state index contributed by atoms with van der Waals surface area (Å²) in [7, 11) is 0. The van der Waals surface area contributed by atoms with Gasteiger partial charge in [0.25, 0.3) is 0 Å². The van der Waals surface area contributed by atoms with Crippen LogP contribution >= 0.6 is 11.6 Å². The predicted octanol–water partition coefficient (Wildman–Crippen LogP) is 3.91. The second-order valence-corrected chi connectivity index (χ2v) is 8.18. The van der Waals surface area contributed by atoms with Crippen LogP contribution in [0.5, 0.6) is 5.75 Å². The molecule has 2 N–H and O–H groups in total. The zero-order valence-electron chi connectivity index (χ0n) is 16.0. The van der Waals surface area contributed by atoms with Crippen LogP contribution in [0.2, 0.25) is 5.02 Å². The summed E-state index contributed by atoms with van der Waals surface area (Å²) in [4.78, 5) is 7.15. The van der Waals surface area contributed by atoms with E-state index >= 15 is 0 Å². The first-order valence-electron chi connectivity index (χ1n) is 9.86. The molecule has 29 heavy (non-hydrogen) atoms. The fourth-order valence-corrected chi connectivity index (χ4v) is 4.91. The van der Waals surface area contributed by atoms with Gasteiger partial charge in [-0.15, -0.1) is 0 Å². The maximum absolute atomic E-state index is 6.86.